The molecule has 2 bridgehead atoms. The van der Waals surface area contributed by atoms with Crippen molar-refractivity contribution in [3.63, 3.8) is 0 Å². The fourth-order valence-electron chi connectivity index (χ4n) is 3.66. The zero-order valence-corrected chi connectivity index (χ0v) is 15.1. The lowest BCUT2D eigenvalue weighted by atomic mass is 9.91. The molecular weight excluding hydrogens is 500 g/mol. The van der Waals surface area contributed by atoms with Crippen LogP contribution in [0.5, 0.6) is 0 Å². The van der Waals surface area contributed by atoms with Crippen LogP contribution in [-0.4, -0.2) is 60.6 Å². The van der Waals surface area contributed by atoms with Crippen molar-refractivity contribution in [2.24, 2.45) is 11.8 Å². The van der Waals surface area contributed by atoms with Crippen molar-refractivity contribution in [2.45, 2.75) is 73.2 Å². The SMILES string of the molecule is F[C@@H]1C[C@H]2C[C@@H]1C[C@@H]2OCC(F)(F)C(F)(F)C(F)(F)C(F)(F)C(F)(F)C(F)(F)C(F)(F)F. The highest BCUT2D eigenvalue weighted by Crippen LogP contribution is 2.62. The summed E-state index contributed by atoms with van der Waals surface area (Å²) in [5.74, 6) is -48.2. The Morgan fingerprint density at radius 1 is 0.531 bits per heavy atom. The molecule has 0 aliphatic heterocycles. The van der Waals surface area contributed by atoms with Gasteiger partial charge in [0.05, 0.1) is 6.10 Å². The lowest BCUT2D eigenvalue weighted by molar-refractivity contribution is -0.453. The van der Waals surface area contributed by atoms with Gasteiger partial charge in [-0.2, -0.15) is 65.9 Å². The fourth-order valence-corrected chi connectivity index (χ4v) is 3.66. The average Bonchev–Trinajstić information content (AvgIpc) is 3.17. The summed E-state index contributed by atoms with van der Waals surface area (Å²) in [6.45, 7) is -2.81. The molecule has 0 unspecified atom stereocenters. The predicted octanol–water partition coefficient (Wildman–Crippen LogP) is 6.51. The van der Waals surface area contributed by atoms with E-state index >= 15 is 0 Å². The van der Waals surface area contributed by atoms with E-state index < -0.39 is 72.4 Å². The molecule has 32 heavy (non-hydrogen) atoms. The van der Waals surface area contributed by atoms with Gasteiger partial charge in [-0.3, -0.25) is 0 Å². The highest BCUT2D eigenvalue weighted by atomic mass is 19.4. The fraction of sp³-hybridized carbons (Fsp3) is 1.00. The molecule has 0 aromatic heterocycles. The molecule has 1 nitrogen and oxygen atoms in total. The van der Waals surface area contributed by atoms with Gasteiger partial charge < -0.3 is 4.74 Å². The number of halogens is 16. The third-order valence-corrected chi connectivity index (χ3v) is 5.58. The molecule has 2 aliphatic rings. The summed E-state index contributed by atoms with van der Waals surface area (Å²) in [4.78, 5) is 0. The van der Waals surface area contributed by atoms with E-state index in [1.165, 1.54) is 0 Å². The van der Waals surface area contributed by atoms with Crippen LogP contribution in [-0.2, 0) is 4.74 Å². The van der Waals surface area contributed by atoms with Gasteiger partial charge in [-0.25, -0.2) is 4.39 Å². The van der Waals surface area contributed by atoms with Gasteiger partial charge in [0.15, 0.2) is 0 Å². The van der Waals surface area contributed by atoms with Gasteiger partial charge in [-0.15, -0.1) is 0 Å². The summed E-state index contributed by atoms with van der Waals surface area (Å²) in [5.41, 5.74) is 0. The molecule has 0 amide bonds. The molecule has 0 aromatic carbocycles. The zero-order valence-electron chi connectivity index (χ0n) is 15.1. The number of rotatable bonds is 8. The third kappa shape index (κ3) is 3.60. The largest absolute Gasteiger partial charge is 0.460 e. The Kier molecular flexibility index (Phi) is 6.28. The molecule has 0 spiro atoms. The van der Waals surface area contributed by atoms with Gasteiger partial charge in [0.2, 0.25) is 0 Å². The van der Waals surface area contributed by atoms with Crippen molar-refractivity contribution in [2.75, 3.05) is 6.61 Å². The lowest BCUT2D eigenvalue weighted by Crippen LogP contribution is -2.73. The maximum Gasteiger partial charge on any atom is 0.460 e. The highest BCUT2D eigenvalue weighted by molar-refractivity contribution is 5.13. The van der Waals surface area contributed by atoms with Gasteiger partial charge in [0, 0.05) is 0 Å². The van der Waals surface area contributed by atoms with Gasteiger partial charge in [0.25, 0.3) is 0 Å². The minimum atomic E-state index is -8.31. The molecule has 0 heterocycles. The summed E-state index contributed by atoms with van der Waals surface area (Å²) in [5, 5.41) is 0. The van der Waals surface area contributed by atoms with Crippen LogP contribution in [0.25, 0.3) is 0 Å². The van der Waals surface area contributed by atoms with E-state index in [2.05, 4.69) is 4.74 Å². The van der Waals surface area contributed by atoms with Crippen molar-refractivity contribution >= 4 is 0 Å². The van der Waals surface area contributed by atoms with Crippen molar-refractivity contribution in [3.8, 4) is 0 Å². The summed E-state index contributed by atoms with van der Waals surface area (Å²) >= 11 is 0. The van der Waals surface area contributed by atoms with Gasteiger partial charge in [-0.1, -0.05) is 0 Å². The van der Waals surface area contributed by atoms with E-state index in [1.807, 2.05) is 0 Å². The molecule has 4 atom stereocenters. The van der Waals surface area contributed by atoms with Crippen LogP contribution in [0.4, 0.5) is 70.2 Å². The Morgan fingerprint density at radius 3 is 1.34 bits per heavy atom. The number of ether oxygens (including phenoxy) is 1. The highest BCUT2D eigenvalue weighted by Gasteiger charge is 2.93. The van der Waals surface area contributed by atoms with Crippen molar-refractivity contribution in [1.29, 1.82) is 0 Å². The molecule has 0 radical (unpaired) electrons. The number of hydrogen-bond donors (Lipinski definition) is 0. The minimum absolute atomic E-state index is 0.0424. The van der Waals surface area contributed by atoms with Crippen LogP contribution in [0.1, 0.15) is 19.3 Å². The molecule has 2 fully saturated rings. The van der Waals surface area contributed by atoms with Gasteiger partial charge >= 0.3 is 41.7 Å². The number of hydrogen-bond acceptors (Lipinski definition) is 1. The van der Waals surface area contributed by atoms with E-state index in [1.54, 1.807) is 0 Å². The molecule has 0 saturated heterocycles. The Balaban J connectivity index is 2.29. The summed E-state index contributed by atoms with van der Waals surface area (Å²) in [6.07, 6.45) is -11.0. The van der Waals surface area contributed by atoms with E-state index in [-0.39, 0.29) is 19.3 Å². The van der Waals surface area contributed by atoms with E-state index in [0.717, 1.165) is 0 Å². The molecular formula is C15H12F16O. The second-order valence-electron chi connectivity index (χ2n) is 7.67. The second kappa shape index (κ2) is 7.42. The summed E-state index contributed by atoms with van der Waals surface area (Å²) < 4.78 is 214. The maximum absolute atomic E-state index is 13.7. The van der Waals surface area contributed by atoms with Crippen LogP contribution in [0.2, 0.25) is 0 Å². The Morgan fingerprint density at radius 2 is 0.969 bits per heavy atom. The van der Waals surface area contributed by atoms with Crippen LogP contribution >= 0.6 is 0 Å². The standard InChI is InChI=1S/C15H12F16O/c16-7-2-6-1-5(7)3-8(6)32-4-9(17,18)10(19,20)11(21,22)12(23,24)13(25,26)14(27,28)15(29,30)31/h5-8H,1-4H2/t5-,6-,7-,8+/m1/s1. The molecule has 2 saturated carbocycles. The maximum atomic E-state index is 13.7. The first-order valence-corrected chi connectivity index (χ1v) is 8.55. The quantitative estimate of drug-likeness (QED) is 0.337. The van der Waals surface area contributed by atoms with E-state index in [4.69, 9.17) is 0 Å². The van der Waals surface area contributed by atoms with Crippen LogP contribution < -0.4 is 0 Å². The first-order chi connectivity index (χ1) is 14.0. The molecule has 2 aliphatic carbocycles. The van der Waals surface area contributed by atoms with Gasteiger partial charge in [-0.05, 0) is 31.1 Å². The summed E-state index contributed by atoms with van der Waals surface area (Å²) in [6, 6.07) is 0. The topological polar surface area (TPSA) is 9.23 Å². The Hall–Kier alpha value is -1.16. The van der Waals surface area contributed by atoms with Crippen LogP contribution in [0, 0.1) is 11.8 Å². The first kappa shape index (κ1) is 27.1. The Labute approximate surface area is 168 Å². The molecule has 2 rings (SSSR count). The summed E-state index contributed by atoms with van der Waals surface area (Å²) in [7, 11) is 0. The van der Waals surface area contributed by atoms with Crippen LogP contribution in [0.3, 0.4) is 0 Å². The molecule has 0 aromatic rings. The lowest BCUT2D eigenvalue weighted by Gasteiger charge is -2.41. The molecule has 17 heteroatoms. The van der Waals surface area contributed by atoms with Crippen LogP contribution in [0.15, 0.2) is 0 Å². The second-order valence-corrected chi connectivity index (χ2v) is 7.67. The Bertz CT molecular complexity index is 696. The van der Waals surface area contributed by atoms with E-state index in [0.29, 0.717) is 0 Å². The molecule has 0 N–H and O–H groups in total. The van der Waals surface area contributed by atoms with Gasteiger partial charge in [0.1, 0.15) is 12.8 Å². The predicted molar refractivity (Wildman–Crippen MR) is 71.2 cm³/mol. The normalized spacial score (nSPS) is 28.5. The minimum Gasteiger partial charge on any atom is -0.371 e. The van der Waals surface area contributed by atoms with E-state index in [9.17, 15) is 70.2 Å². The first-order valence-electron chi connectivity index (χ1n) is 8.55. The monoisotopic (exact) mass is 512 g/mol. The van der Waals surface area contributed by atoms with Crippen molar-refractivity contribution < 1.29 is 75.0 Å². The number of alkyl halides is 16. The molecule has 190 valence electrons. The smallest absolute Gasteiger partial charge is 0.371 e. The van der Waals surface area contributed by atoms with Crippen molar-refractivity contribution in [3.05, 3.63) is 0 Å². The van der Waals surface area contributed by atoms with Crippen molar-refractivity contribution in [1.82, 2.24) is 0 Å². The number of fused-ring (bicyclic) bond motifs is 2. The average molecular weight is 512 g/mol. The third-order valence-electron chi connectivity index (χ3n) is 5.58. The zero-order chi connectivity index (χ0) is 25.3.